The molecule has 0 aliphatic carbocycles. The van der Waals surface area contributed by atoms with Crippen LogP contribution in [-0.2, 0) is 6.42 Å². The van der Waals surface area contributed by atoms with E-state index in [2.05, 4.69) is 49.6 Å². The number of allylic oxidation sites excluding steroid dienone is 2. The van der Waals surface area contributed by atoms with Crippen LogP contribution in [-0.4, -0.2) is 6.26 Å². The summed E-state index contributed by atoms with van der Waals surface area (Å²) in [6.45, 7) is 2.07. The highest BCUT2D eigenvalue weighted by Gasteiger charge is 1.91. The van der Waals surface area contributed by atoms with Gasteiger partial charge in [-0.2, -0.15) is 0 Å². The molecule has 0 saturated carbocycles. The van der Waals surface area contributed by atoms with E-state index in [1.165, 1.54) is 10.5 Å². The maximum atomic E-state index is 2.22. The van der Waals surface area contributed by atoms with Gasteiger partial charge in [0.25, 0.3) is 0 Å². The summed E-state index contributed by atoms with van der Waals surface area (Å²) in [5.74, 6) is 0. The van der Waals surface area contributed by atoms with Gasteiger partial charge in [0.1, 0.15) is 0 Å². The van der Waals surface area contributed by atoms with Gasteiger partial charge in [-0.1, -0.05) is 24.3 Å². The largest absolute Gasteiger partial charge is 0.130 e. The molecule has 0 bridgehead atoms. The van der Waals surface area contributed by atoms with Crippen LogP contribution in [0.25, 0.3) is 0 Å². The van der Waals surface area contributed by atoms with Gasteiger partial charge in [0.2, 0.25) is 0 Å². The van der Waals surface area contributed by atoms with E-state index in [-0.39, 0.29) is 0 Å². The second kappa shape index (κ2) is 5.87. The minimum absolute atomic E-state index is 1.15. The Labute approximate surface area is 85.1 Å². The smallest absolute Gasteiger partial charge is 0.00693 e. The van der Waals surface area contributed by atoms with Crippen LogP contribution in [0.4, 0.5) is 0 Å². The molecule has 0 amide bonds. The number of thioether (sulfide) groups is 1. The topological polar surface area (TPSA) is 0 Å². The fraction of sp³-hybridized carbons (Fsp3) is 0.333. The molecule has 0 fully saturated rings. The van der Waals surface area contributed by atoms with Crippen molar-refractivity contribution < 1.29 is 0 Å². The second-order valence-corrected chi connectivity index (χ2v) is 3.84. The van der Waals surface area contributed by atoms with Crippen molar-refractivity contribution >= 4 is 11.8 Å². The lowest BCUT2D eigenvalue weighted by atomic mass is 10.1. The van der Waals surface area contributed by atoms with Gasteiger partial charge in [-0.15, -0.1) is 11.8 Å². The average Bonchev–Trinajstić information content (AvgIpc) is 2.19. The van der Waals surface area contributed by atoms with E-state index < -0.39 is 0 Å². The summed E-state index contributed by atoms with van der Waals surface area (Å²) < 4.78 is 0. The molecule has 0 atom stereocenters. The van der Waals surface area contributed by atoms with Crippen LogP contribution in [0.1, 0.15) is 18.9 Å². The molecular formula is C12H16S. The summed E-state index contributed by atoms with van der Waals surface area (Å²) >= 11 is 1.79. The molecule has 0 aliphatic rings. The van der Waals surface area contributed by atoms with Crippen LogP contribution < -0.4 is 0 Å². The van der Waals surface area contributed by atoms with Crippen molar-refractivity contribution in [2.45, 2.75) is 24.7 Å². The Morgan fingerprint density at radius 2 is 1.92 bits per heavy atom. The normalized spacial score (nSPS) is 10.9. The molecular weight excluding hydrogens is 176 g/mol. The number of aryl methyl sites for hydroxylation is 1. The van der Waals surface area contributed by atoms with Gasteiger partial charge in [0, 0.05) is 4.90 Å². The lowest BCUT2D eigenvalue weighted by Crippen LogP contribution is -1.82. The Balaban J connectivity index is 2.49. The van der Waals surface area contributed by atoms with Crippen molar-refractivity contribution in [1.82, 2.24) is 0 Å². The molecule has 0 nitrogen and oxygen atoms in total. The van der Waals surface area contributed by atoms with E-state index in [0.29, 0.717) is 0 Å². The van der Waals surface area contributed by atoms with Crippen molar-refractivity contribution in [3.05, 3.63) is 42.0 Å². The first kappa shape index (κ1) is 10.4. The number of benzene rings is 1. The predicted octanol–water partition coefficient (Wildman–Crippen LogP) is 3.92. The van der Waals surface area contributed by atoms with Crippen molar-refractivity contribution in [1.29, 1.82) is 0 Å². The highest BCUT2D eigenvalue weighted by atomic mass is 32.2. The van der Waals surface area contributed by atoms with Crippen LogP contribution in [0.3, 0.4) is 0 Å². The van der Waals surface area contributed by atoms with Crippen molar-refractivity contribution in [2.75, 3.05) is 6.26 Å². The molecule has 1 rings (SSSR count). The van der Waals surface area contributed by atoms with Gasteiger partial charge in [-0.05, 0) is 43.7 Å². The van der Waals surface area contributed by atoms with E-state index in [0.717, 1.165) is 12.8 Å². The zero-order chi connectivity index (χ0) is 9.52. The minimum atomic E-state index is 1.15. The molecule has 0 N–H and O–H groups in total. The third-order valence-corrected chi connectivity index (χ3v) is 2.74. The number of rotatable bonds is 4. The summed E-state index contributed by atoms with van der Waals surface area (Å²) in [4.78, 5) is 1.34. The fourth-order valence-electron chi connectivity index (χ4n) is 1.21. The Hall–Kier alpha value is -0.690. The van der Waals surface area contributed by atoms with E-state index in [1.807, 2.05) is 0 Å². The summed E-state index contributed by atoms with van der Waals surface area (Å²) in [7, 11) is 0. The first-order chi connectivity index (χ1) is 6.36. The summed E-state index contributed by atoms with van der Waals surface area (Å²) in [5.41, 5.74) is 1.43. The van der Waals surface area contributed by atoms with Gasteiger partial charge >= 0.3 is 0 Å². The molecule has 0 aromatic heterocycles. The predicted molar refractivity (Wildman–Crippen MR) is 61.4 cm³/mol. The molecule has 1 aromatic rings. The fourth-order valence-corrected chi connectivity index (χ4v) is 1.62. The second-order valence-electron chi connectivity index (χ2n) is 2.96. The standard InChI is InChI=1S/C12H16S/c1-3-4-5-6-11-7-9-12(13-2)10-8-11/h3-4,7-10H,5-6H2,1-2H3/b4-3-. The summed E-state index contributed by atoms with van der Waals surface area (Å²) in [6.07, 6.45) is 8.72. The third-order valence-electron chi connectivity index (χ3n) is 1.99. The lowest BCUT2D eigenvalue weighted by Gasteiger charge is -1.99. The molecule has 0 aliphatic heterocycles. The maximum Gasteiger partial charge on any atom is 0.00693 e. The first-order valence-corrected chi connectivity index (χ1v) is 5.83. The minimum Gasteiger partial charge on any atom is -0.130 e. The molecule has 70 valence electrons. The molecule has 0 saturated heterocycles. The molecule has 0 spiro atoms. The highest BCUT2D eigenvalue weighted by molar-refractivity contribution is 7.98. The molecule has 0 heterocycles. The quantitative estimate of drug-likeness (QED) is 0.514. The lowest BCUT2D eigenvalue weighted by molar-refractivity contribution is 0.996. The number of hydrogen-bond acceptors (Lipinski definition) is 1. The van der Waals surface area contributed by atoms with Crippen LogP contribution in [0.15, 0.2) is 41.3 Å². The summed E-state index contributed by atoms with van der Waals surface area (Å²) in [5, 5.41) is 0. The van der Waals surface area contributed by atoms with E-state index in [9.17, 15) is 0 Å². The van der Waals surface area contributed by atoms with Crippen molar-refractivity contribution in [3.63, 3.8) is 0 Å². The van der Waals surface area contributed by atoms with E-state index in [4.69, 9.17) is 0 Å². The molecule has 0 radical (unpaired) electrons. The van der Waals surface area contributed by atoms with Gasteiger partial charge < -0.3 is 0 Å². The van der Waals surface area contributed by atoms with Crippen LogP contribution in [0.5, 0.6) is 0 Å². The maximum absolute atomic E-state index is 2.22. The zero-order valence-corrected chi connectivity index (χ0v) is 9.10. The monoisotopic (exact) mass is 192 g/mol. The SMILES string of the molecule is C/C=C\CCc1ccc(SC)cc1. The van der Waals surface area contributed by atoms with Crippen LogP contribution >= 0.6 is 11.8 Å². The highest BCUT2D eigenvalue weighted by Crippen LogP contribution is 2.15. The van der Waals surface area contributed by atoms with Gasteiger partial charge in [0.15, 0.2) is 0 Å². The molecule has 0 unspecified atom stereocenters. The number of hydrogen-bond donors (Lipinski definition) is 0. The van der Waals surface area contributed by atoms with E-state index in [1.54, 1.807) is 11.8 Å². The Morgan fingerprint density at radius 3 is 2.46 bits per heavy atom. The van der Waals surface area contributed by atoms with Gasteiger partial charge in [-0.3, -0.25) is 0 Å². The Morgan fingerprint density at radius 1 is 1.23 bits per heavy atom. The van der Waals surface area contributed by atoms with Crippen LogP contribution in [0.2, 0.25) is 0 Å². The average molecular weight is 192 g/mol. The summed E-state index contributed by atoms with van der Waals surface area (Å²) in [6, 6.07) is 8.82. The first-order valence-electron chi connectivity index (χ1n) is 4.61. The zero-order valence-electron chi connectivity index (χ0n) is 8.29. The molecule has 13 heavy (non-hydrogen) atoms. The molecule has 1 heteroatoms. The van der Waals surface area contributed by atoms with Crippen molar-refractivity contribution in [3.8, 4) is 0 Å². The van der Waals surface area contributed by atoms with Gasteiger partial charge in [0.05, 0.1) is 0 Å². The Bertz CT molecular complexity index is 259. The van der Waals surface area contributed by atoms with Crippen molar-refractivity contribution in [2.24, 2.45) is 0 Å². The Kier molecular flexibility index (Phi) is 4.69. The third kappa shape index (κ3) is 3.69. The van der Waals surface area contributed by atoms with Gasteiger partial charge in [-0.25, -0.2) is 0 Å². The van der Waals surface area contributed by atoms with Crippen LogP contribution in [0, 0.1) is 0 Å². The van der Waals surface area contributed by atoms with E-state index >= 15 is 0 Å². The molecule has 1 aromatic carbocycles.